The largest absolute Gasteiger partial charge is 0.484 e. The highest BCUT2D eigenvalue weighted by Crippen LogP contribution is 2.23. The standard InChI is InChI=1S/C24H32FN3O2/c1-5-26-23-12-22(11-6-17(23)2)30-16-24(29)28-14-18(3)27(13-19(28)4)15-20-7-9-21(25)10-8-20/h6-12,18-19,26H,5,13-16H2,1-4H3. The maximum absolute atomic E-state index is 13.1. The molecule has 0 spiro atoms. The molecule has 30 heavy (non-hydrogen) atoms. The van der Waals surface area contributed by atoms with Crippen molar-refractivity contribution < 1.29 is 13.9 Å². The molecule has 2 atom stereocenters. The zero-order valence-electron chi connectivity index (χ0n) is 18.3. The minimum atomic E-state index is -0.221. The monoisotopic (exact) mass is 413 g/mol. The molecule has 3 rings (SSSR count). The first kappa shape index (κ1) is 22.1. The van der Waals surface area contributed by atoms with Crippen LogP contribution in [0.4, 0.5) is 10.1 Å². The normalized spacial score (nSPS) is 19.6. The minimum absolute atomic E-state index is 0.00126. The van der Waals surface area contributed by atoms with E-state index in [4.69, 9.17) is 4.74 Å². The Labute approximate surface area is 178 Å². The lowest BCUT2D eigenvalue weighted by Gasteiger charge is -2.44. The average Bonchev–Trinajstić information content (AvgIpc) is 2.72. The number of nitrogens with zero attached hydrogens (tertiary/aromatic N) is 2. The molecular weight excluding hydrogens is 381 g/mol. The summed E-state index contributed by atoms with van der Waals surface area (Å²) in [5, 5.41) is 3.31. The van der Waals surface area contributed by atoms with Gasteiger partial charge in [0, 0.05) is 50.0 Å². The molecule has 1 aliphatic rings. The summed E-state index contributed by atoms with van der Waals surface area (Å²) in [6.07, 6.45) is 0. The first-order valence-corrected chi connectivity index (χ1v) is 10.6. The van der Waals surface area contributed by atoms with Crippen LogP contribution in [0.2, 0.25) is 0 Å². The summed E-state index contributed by atoms with van der Waals surface area (Å²) < 4.78 is 18.9. The van der Waals surface area contributed by atoms with E-state index in [1.54, 1.807) is 0 Å². The Morgan fingerprint density at radius 1 is 1.13 bits per heavy atom. The zero-order valence-corrected chi connectivity index (χ0v) is 18.3. The molecule has 2 aromatic carbocycles. The van der Waals surface area contributed by atoms with E-state index in [1.807, 2.05) is 42.2 Å². The van der Waals surface area contributed by atoms with Crippen LogP contribution >= 0.6 is 0 Å². The molecule has 0 saturated carbocycles. The van der Waals surface area contributed by atoms with Crippen LogP contribution in [0.1, 0.15) is 31.9 Å². The van der Waals surface area contributed by atoms with Gasteiger partial charge in [0.2, 0.25) is 0 Å². The number of hydrogen-bond acceptors (Lipinski definition) is 4. The van der Waals surface area contributed by atoms with Crippen molar-refractivity contribution in [2.45, 2.75) is 46.3 Å². The summed E-state index contributed by atoms with van der Waals surface area (Å²) in [7, 11) is 0. The fourth-order valence-electron chi connectivity index (χ4n) is 3.89. The van der Waals surface area contributed by atoms with Crippen LogP contribution in [0.25, 0.3) is 0 Å². The maximum atomic E-state index is 13.1. The molecule has 0 bridgehead atoms. The quantitative estimate of drug-likeness (QED) is 0.743. The van der Waals surface area contributed by atoms with Crippen molar-refractivity contribution >= 4 is 11.6 Å². The number of carbonyl (C=O) groups is 1. The number of rotatable bonds is 7. The van der Waals surface area contributed by atoms with Gasteiger partial charge in [0.25, 0.3) is 5.91 Å². The number of carbonyl (C=O) groups excluding carboxylic acids is 1. The number of anilines is 1. The molecular formula is C24H32FN3O2. The van der Waals surface area contributed by atoms with Gasteiger partial charge in [-0.3, -0.25) is 9.69 Å². The third kappa shape index (κ3) is 5.51. The van der Waals surface area contributed by atoms with Crippen molar-refractivity contribution in [3.05, 3.63) is 59.4 Å². The molecule has 1 heterocycles. The Kier molecular flexibility index (Phi) is 7.32. The molecule has 1 fully saturated rings. The maximum Gasteiger partial charge on any atom is 0.260 e. The van der Waals surface area contributed by atoms with Gasteiger partial charge in [0.15, 0.2) is 6.61 Å². The fraction of sp³-hybridized carbons (Fsp3) is 0.458. The summed E-state index contributed by atoms with van der Waals surface area (Å²) in [5.74, 6) is 0.476. The van der Waals surface area contributed by atoms with E-state index in [9.17, 15) is 9.18 Å². The van der Waals surface area contributed by atoms with Crippen molar-refractivity contribution in [1.29, 1.82) is 0 Å². The second-order valence-corrected chi connectivity index (χ2v) is 8.10. The highest BCUT2D eigenvalue weighted by atomic mass is 19.1. The van der Waals surface area contributed by atoms with Crippen molar-refractivity contribution in [3.63, 3.8) is 0 Å². The van der Waals surface area contributed by atoms with E-state index in [2.05, 4.69) is 31.0 Å². The second-order valence-electron chi connectivity index (χ2n) is 8.10. The predicted octanol–water partition coefficient (Wildman–Crippen LogP) is 4.07. The van der Waals surface area contributed by atoms with Crippen LogP contribution in [0.3, 0.4) is 0 Å². The van der Waals surface area contributed by atoms with E-state index in [-0.39, 0.29) is 30.4 Å². The number of piperazine rings is 1. The Morgan fingerprint density at radius 3 is 2.57 bits per heavy atom. The first-order chi connectivity index (χ1) is 14.4. The van der Waals surface area contributed by atoms with E-state index in [0.29, 0.717) is 12.3 Å². The van der Waals surface area contributed by atoms with Crippen molar-refractivity contribution in [2.24, 2.45) is 0 Å². The number of ether oxygens (including phenoxy) is 1. The summed E-state index contributed by atoms with van der Waals surface area (Å²) in [5.41, 5.74) is 3.25. The Balaban J connectivity index is 1.56. The number of nitrogens with one attached hydrogen (secondary N) is 1. The third-order valence-corrected chi connectivity index (χ3v) is 5.67. The zero-order chi connectivity index (χ0) is 21.7. The van der Waals surface area contributed by atoms with E-state index >= 15 is 0 Å². The van der Waals surface area contributed by atoms with E-state index in [1.165, 1.54) is 12.1 Å². The van der Waals surface area contributed by atoms with Gasteiger partial charge in [-0.2, -0.15) is 0 Å². The smallest absolute Gasteiger partial charge is 0.260 e. The van der Waals surface area contributed by atoms with Crippen LogP contribution in [0.5, 0.6) is 5.75 Å². The minimum Gasteiger partial charge on any atom is -0.484 e. The SMILES string of the molecule is CCNc1cc(OCC(=O)N2CC(C)N(Cc3ccc(F)cc3)CC2C)ccc1C. The molecule has 0 aromatic heterocycles. The fourth-order valence-corrected chi connectivity index (χ4v) is 3.89. The molecule has 0 radical (unpaired) electrons. The molecule has 2 aromatic rings. The van der Waals surface area contributed by atoms with E-state index in [0.717, 1.165) is 36.4 Å². The molecule has 2 unspecified atom stereocenters. The average molecular weight is 414 g/mol. The van der Waals surface area contributed by atoms with Crippen LogP contribution in [0.15, 0.2) is 42.5 Å². The summed E-state index contributed by atoms with van der Waals surface area (Å²) in [6.45, 7) is 11.3. The number of amides is 1. The number of aryl methyl sites for hydroxylation is 1. The van der Waals surface area contributed by atoms with Gasteiger partial charge >= 0.3 is 0 Å². The molecule has 5 nitrogen and oxygen atoms in total. The summed E-state index contributed by atoms with van der Waals surface area (Å²) >= 11 is 0. The molecule has 6 heteroatoms. The van der Waals surface area contributed by atoms with Gasteiger partial charge in [-0.1, -0.05) is 18.2 Å². The highest BCUT2D eigenvalue weighted by Gasteiger charge is 2.32. The van der Waals surface area contributed by atoms with Crippen LogP contribution in [-0.4, -0.2) is 54.0 Å². The Morgan fingerprint density at radius 2 is 1.87 bits per heavy atom. The van der Waals surface area contributed by atoms with Gasteiger partial charge in [-0.25, -0.2) is 4.39 Å². The van der Waals surface area contributed by atoms with Gasteiger partial charge in [-0.05, 0) is 57.0 Å². The highest BCUT2D eigenvalue weighted by molar-refractivity contribution is 5.78. The number of hydrogen-bond donors (Lipinski definition) is 1. The van der Waals surface area contributed by atoms with E-state index < -0.39 is 0 Å². The van der Waals surface area contributed by atoms with Crippen LogP contribution < -0.4 is 10.1 Å². The summed E-state index contributed by atoms with van der Waals surface area (Å²) in [4.78, 5) is 17.1. The van der Waals surface area contributed by atoms with Gasteiger partial charge < -0.3 is 15.0 Å². The van der Waals surface area contributed by atoms with Gasteiger partial charge in [0.1, 0.15) is 11.6 Å². The molecule has 1 saturated heterocycles. The lowest BCUT2D eigenvalue weighted by Crippen LogP contribution is -2.58. The number of benzene rings is 2. The van der Waals surface area contributed by atoms with Gasteiger partial charge in [-0.15, -0.1) is 0 Å². The first-order valence-electron chi connectivity index (χ1n) is 10.6. The van der Waals surface area contributed by atoms with Crippen LogP contribution in [-0.2, 0) is 11.3 Å². The topological polar surface area (TPSA) is 44.8 Å². The van der Waals surface area contributed by atoms with Crippen molar-refractivity contribution in [1.82, 2.24) is 9.80 Å². The molecule has 1 aliphatic heterocycles. The predicted molar refractivity (Wildman–Crippen MR) is 118 cm³/mol. The molecule has 162 valence electrons. The molecule has 0 aliphatic carbocycles. The summed E-state index contributed by atoms with van der Waals surface area (Å²) in [6, 6.07) is 12.8. The second kappa shape index (κ2) is 9.94. The van der Waals surface area contributed by atoms with Crippen LogP contribution in [0, 0.1) is 12.7 Å². The molecule has 1 N–H and O–H groups in total. The number of halogens is 1. The Bertz CT molecular complexity index is 856. The van der Waals surface area contributed by atoms with Crippen molar-refractivity contribution in [2.75, 3.05) is 31.6 Å². The lowest BCUT2D eigenvalue weighted by atomic mass is 10.1. The van der Waals surface area contributed by atoms with Gasteiger partial charge in [0.05, 0.1) is 0 Å². The third-order valence-electron chi connectivity index (χ3n) is 5.67. The lowest BCUT2D eigenvalue weighted by molar-refractivity contribution is -0.139. The molecule has 1 amide bonds. The Hall–Kier alpha value is -2.60. The van der Waals surface area contributed by atoms with Crippen molar-refractivity contribution in [3.8, 4) is 5.75 Å².